The number of carbonyl (C=O) groups is 2. The van der Waals surface area contributed by atoms with Crippen LogP contribution in [0.4, 0.5) is 9.93 Å². The second-order valence-corrected chi connectivity index (χ2v) is 9.91. The molecule has 0 saturated carbocycles. The van der Waals surface area contributed by atoms with E-state index in [0.29, 0.717) is 24.1 Å². The molecule has 1 aliphatic heterocycles. The van der Waals surface area contributed by atoms with Gasteiger partial charge in [-0.2, -0.15) is 0 Å². The summed E-state index contributed by atoms with van der Waals surface area (Å²) in [4.78, 5) is 30.9. The molecule has 2 N–H and O–H groups in total. The van der Waals surface area contributed by atoms with E-state index in [9.17, 15) is 9.59 Å². The summed E-state index contributed by atoms with van der Waals surface area (Å²) in [5, 5.41) is 8.35. The van der Waals surface area contributed by atoms with Gasteiger partial charge in [0.2, 0.25) is 5.91 Å². The molecule has 2 amide bonds. The number of nitrogens with one attached hydrogen (secondary N) is 2. The molecule has 0 spiro atoms. The smallest absolute Gasteiger partial charge is 0.407 e. The summed E-state index contributed by atoms with van der Waals surface area (Å²) in [7, 11) is 0. The van der Waals surface area contributed by atoms with Crippen LogP contribution < -0.4 is 10.6 Å². The predicted molar refractivity (Wildman–Crippen MR) is 124 cm³/mol. The highest BCUT2D eigenvalue weighted by molar-refractivity contribution is 7.14. The average Bonchev–Trinajstić information content (AvgIpc) is 3.15. The summed E-state index contributed by atoms with van der Waals surface area (Å²) in [6.07, 6.45) is 1.51. The molecule has 0 unspecified atom stereocenters. The highest BCUT2D eigenvalue weighted by Crippen LogP contribution is 2.25. The molecule has 31 heavy (non-hydrogen) atoms. The van der Waals surface area contributed by atoms with Crippen LogP contribution in [0.1, 0.15) is 39.2 Å². The molecule has 3 rings (SSSR count). The number of hydrogen-bond acceptors (Lipinski definition) is 6. The van der Waals surface area contributed by atoms with Gasteiger partial charge in [-0.3, -0.25) is 9.69 Å². The lowest BCUT2D eigenvalue weighted by atomic mass is 9.97. The summed E-state index contributed by atoms with van der Waals surface area (Å²) in [5.74, 6) is 0.359. The maximum absolute atomic E-state index is 12.4. The van der Waals surface area contributed by atoms with Crippen molar-refractivity contribution in [2.24, 2.45) is 5.92 Å². The third kappa shape index (κ3) is 7.63. The number of rotatable bonds is 6. The second-order valence-electron chi connectivity index (χ2n) is 9.05. The van der Waals surface area contributed by atoms with Crippen molar-refractivity contribution in [3.05, 3.63) is 35.2 Å². The Balaban J connectivity index is 1.38. The van der Waals surface area contributed by atoms with Crippen molar-refractivity contribution in [2.75, 3.05) is 31.5 Å². The van der Waals surface area contributed by atoms with E-state index in [1.54, 1.807) is 0 Å². The summed E-state index contributed by atoms with van der Waals surface area (Å²) in [6, 6.07) is 8.19. The fraction of sp³-hybridized carbons (Fsp3) is 0.522. The first-order chi connectivity index (χ1) is 14.7. The zero-order valence-corrected chi connectivity index (χ0v) is 19.6. The normalized spacial score (nSPS) is 15.5. The second kappa shape index (κ2) is 10.2. The van der Waals surface area contributed by atoms with Crippen molar-refractivity contribution in [1.82, 2.24) is 15.2 Å². The number of nitrogens with zero attached hydrogens (tertiary/aromatic N) is 2. The van der Waals surface area contributed by atoms with Gasteiger partial charge in [-0.25, -0.2) is 9.78 Å². The number of carbonyl (C=O) groups excluding carboxylic acids is 2. The Morgan fingerprint density at radius 3 is 2.52 bits per heavy atom. The van der Waals surface area contributed by atoms with Crippen molar-refractivity contribution in [3.8, 4) is 11.3 Å². The third-order valence-corrected chi connectivity index (χ3v) is 5.86. The average molecular weight is 445 g/mol. The molecule has 0 radical (unpaired) electrons. The molecule has 0 aliphatic carbocycles. The molecule has 1 fully saturated rings. The zero-order chi connectivity index (χ0) is 22.4. The van der Waals surface area contributed by atoms with Crippen molar-refractivity contribution >= 4 is 28.5 Å². The van der Waals surface area contributed by atoms with Crippen molar-refractivity contribution < 1.29 is 14.3 Å². The fourth-order valence-corrected chi connectivity index (χ4v) is 4.18. The standard InChI is InChI=1S/C23H32N4O3S/c1-16-5-7-18(8-6-16)19-15-31-21(25-19)26-20(28)14-27-11-9-17(10-12-27)13-24-22(29)30-23(2,3)4/h5-8,15,17H,9-14H2,1-4H3,(H,24,29)(H,25,26,28). The molecule has 2 aromatic rings. The number of anilines is 1. The number of benzene rings is 1. The first-order valence-electron chi connectivity index (χ1n) is 10.7. The van der Waals surface area contributed by atoms with E-state index in [1.165, 1.54) is 16.9 Å². The zero-order valence-electron chi connectivity index (χ0n) is 18.7. The summed E-state index contributed by atoms with van der Waals surface area (Å²) in [5.41, 5.74) is 2.64. The van der Waals surface area contributed by atoms with E-state index in [-0.39, 0.29) is 12.0 Å². The molecular formula is C23H32N4O3S. The minimum absolute atomic E-state index is 0.0462. The van der Waals surface area contributed by atoms with Crippen LogP contribution in [0.2, 0.25) is 0 Å². The van der Waals surface area contributed by atoms with Crippen molar-refractivity contribution in [2.45, 2.75) is 46.1 Å². The molecular weight excluding hydrogens is 412 g/mol. The lowest BCUT2D eigenvalue weighted by molar-refractivity contribution is -0.117. The van der Waals surface area contributed by atoms with E-state index in [1.807, 2.05) is 38.3 Å². The Morgan fingerprint density at radius 1 is 1.19 bits per heavy atom. The van der Waals surface area contributed by atoms with Crippen molar-refractivity contribution in [3.63, 3.8) is 0 Å². The number of hydrogen-bond donors (Lipinski definition) is 2. The molecule has 7 nitrogen and oxygen atoms in total. The van der Waals surface area contributed by atoms with Gasteiger partial charge in [0.25, 0.3) is 0 Å². The SMILES string of the molecule is Cc1ccc(-c2csc(NC(=O)CN3CCC(CNC(=O)OC(C)(C)C)CC3)n2)cc1. The van der Waals surface area contributed by atoms with E-state index >= 15 is 0 Å². The number of aryl methyl sites for hydroxylation is 1. The van der Waals surface area contributed by atoms with E-state index in [2.05, 4.69) is 39.6 Å². The van der Waals surface area contributed by atoms with Gasteiger partial charge in [0.15, 0.2) is 5.13 Å². The molecule has 1 aliphatic rings. The van der Waals surface area contributed by atoms with Gasteiger partial charge in [0.1, 0.15) is 5.60 Å². The van der Waals surface area contributed by atoms with Crippen LogP contribution in [0.3, 0.4) is 0 Å². The Hall–Kier alpha value is -2.45. The van der Waals surface area contributed by atoms with E-state index in [4.69, 9.17) is 4.74 Å². The maximum atomic E-state index is 12.4. The third-order valence-electron chi connectivity index (χ3n) is 5.11. The van der Waals surface area contributed by atoms with Gasteiger partial charge in [-0.1, -0.05) is 29.8 Å². The number of aromatic nitrogens is 1. The Bertz CT molecular complexity index is 881. The van der Waals surface area contributed by atoms with Crippen molar-refractivity contribution in [1.29, 1.82) is 0 Å². The molecule has 8 heteroatoms. The number of amides is 2. The Labute approximate surface area is 188 Å². The highest BCUT2D eigenvalue weighted by Gasteiger charge is 2.23. The predicted octanol–water partition coefficient (Wildman–Crippen LogP) is 4.29. The van der Waals surface area contributed by atoms with Crippen LogP contribution >= 0.6 is 11.3 Å². The summed E-state index contributed by atoms with van der Waals surface area (Å²) < 4.78 is 5.28. The lowest BCUT2D eigenvalue weighted by Gasteiger charge is -2.31. The van der Waals surface area contributed by atoms with Gasteiger partial charge >= 0.3 is 6.09 Å². The summed E-state index contributed by atoms with van der Waals surface area (Å²) >= 11 is 1.44. The van der Waals surface area contributed by atoms with Gasteiger partial charge in [0, 0.05) is 17.5 Å². The molecule has 2 heterocycles. The summed E-state index contributed by atoms with van der Waals surface area (Å²) in [6.45, 7) is 10.2. The monoisotopic (exact) mass is 444 g/mol. The Kier molecular flexibility index (Phi) is 7.67. The minimum Gasteiger partial charge on any atom is -0.444 e. The molecule has 1 aromatic carbocycles. The number of alkyl carbamates (subject to hydrolysis) is 1. The quantitative estimate of drug-likeness (QED) is 0.694. The van der Waals surface area contributed by atoms with Crippen LogP contribution in [0, 0.1) is 12.8 Å². The van der Waals surface area contributed by atoms with Crippen LogP contribution in [-0.2, 0) is 9.53 Å². The van der Waals surface area contributed by atoms with Gasteiger partial charge in [-0.15, -0.1) is 11.3 Å². The topological polar surface area (TPSA) is 83.6 Å². The van der Waals surface area contributed by atoms with E-state index in [0.717, 1.165) is 37.2 Å². The first kappa shape index (κ1) is 23.2. The number of ether oxygens (including phenoxy) is 1. The lowest BCUT2D eigenvalue weighted by Crippen LogP contribution is -2.42. The first-order valence-corrected chi connectivity index (χ1v) is 11.6. The van der Waals surface area contributed by atoms with Crippen LogP contribution in [0.15, 0.2) is 29.6 Å². The molecule has 168 valence electrons. The van der Waals surface area contributed by atoms with E-state index < -0.39 is 5.60 Å². The number of likely N-dealkylation sites (tertiary alicyclic amines) is 1. The maximum Gasteiger partial charge on any atom is 0.407 e. The van der Waals surface area contributed by atoms with Crippen LogP contribution in [0.5, 0.6) is 0 Å². The van der Waals surface area contributed by atoms with Gasteiger partial charge < -0.3 is 15.4 Å². The highest BCUT2D eigenvalue weighted by atomic mass is 32.1. The number of piperidine rings is 1. The van der Waals surface area contributed by atoms with Gasteiger partial charge in [0.05, 0.1) is 12.2 Å². The van der Waals surface area contributed by atoms with Crippen LogP contribution in [0.25, 0.3) is 11.3 Å². The largest absolute Gasteiger partial charge is 0.444 e. The van der Waals surface area contributed by atoms with Crippen LogP contribution in [-0.4, -0.2) is 53.7 Å². The number of thiazole rings is 1. The minimum atomic E-state index is -0.487. The fourth-order valence-electron chi connectivity index (χ4n) is 3.44. The molecule has 0 bridgehead atoms. The molecule has 1 aromatic heterocycles. The van der Waals surface area contributed by atoms with Gasteiger partial charge in [-0.05, 0) is 59.5 Å². The Morgan fingerprint density at radius 2 is 1.87 bits per heavy atom. The molecule has 1 saturated heterocycles. The molecule has 0 atom stereocenters.